The number of terminal acetylenes is 1. The fourth-order valence-corrected chi connectivity index (χ4v) is 2.21. The second-order valence-electron chi connectivity index (χ2n) is 4.70. The molecular weight excluding hydrogens is 278 g/mol. The van der Waals surface area contributed by atoms with E-state index in [-0.39, 0.29) is 6.42 Å². The minimum Gasteiger partial charge on any atom is -0.451 e. The molecular formula is C17H13N3O2. The zero-order chi connectivity index (χ0) is 15.4. The zero-order valence-corrected chi connectivity index (χ0v) is 11.7. The van der Waals surface area contributed by atoms with Crippen LogP contribution in [-0.4, -0.2) is 21.2 Å². The third kappa shape index (κ3) is 2.67. The quantitative estimate of drug-likeness (QED) is 0.593. The van der Waals surface area contributed by atoms with Crippen LogP contribution in [-0.2, 0) is 4.74 Å². The number of esters is 1. The Balaban J connectivity index is 1.89. The van der Waals surface area contributed by atoms with E-state index in [9.17, 15) is 4.79 Å². The van der Waals surface area contributed by atoms with Crippen LogP contribution in [0.4, 0.5) is 0 Å². The van der Waals surface area contributed by atoms with Gasteiger partial charge in [0.25, 0.3) is 0 Å². The third-order valence-electron chi connectivity index (χ3n) is 3.27. The first-order valence-corrected chi connectivity index (χ1v) is 6.77. The second-order valence-corrected chi connectivity index (χ2v) is 4.70. The fraction of sp³-hybridized carbons (Fsp3) is 0.118. The molecule has 0 unspecified atom stereocenters. The molecule has 0 aliphatic carbocycles. The topological polar surface area (TPSA) is 67.9 Å². The maximum Gasteiger partial charge on any atom is 0.341 e. The van der Waals surface area contributed by atoms with Gasteiger partial charge in [0.15, 0.2) is 6.10 Å². The summed E-state index contributed by atoms with van der Waals surface area (Å²) in [5.41, 5.74) is 1.70. The van der Waals surface area contributed by atoms with Crippen LogP contribution in [0.25, 0.3) is 10.9 Å². The summed E-state index contributed by atoms with van der Waals surface area (Å²) in [6.07, 6.45) is 8.36. The van der Waals surface area contributed by atoms with Gasteiger partial charge in [-0.25, -0.2) is 4.79 Å². The minimum atomic E-state index is -0.572. The summed E-state index contributed by atoms with van der Waals surface area (Å²) >= 11 is 0. The van der Waals surface area contributed by atoms with Crippen molar-refractivity contribution >= 4 is 16.9 Å². The lowest BCUT2D eigenvalue weighted by atomic mass is 10.1. The average molecular weight is 291 g/mol. The van der Waals surface area contributed by atoms with Crippen LogP contribution in [0, 0.1) is 12.3 Å². The number of aromatic nitrogens is 3. The number of hydrogen-bond donors (Lipinski definition) is 1. The Kier molecular flexibility index (Phi) is 3.84. The lowest BCUT2D eigenvalue weighted by Crippen LogP contribution is -2.13. The first-order chi connectivity index (χ1) is 10.8. The molecule has 22 heavy (non-hydrogen) atoms. The van der Waals surface area contributed by atoms with Crippen molar-refractivity contribution in [2.24, 2.45) is 0 Å². The summed E-state index contributed by atoms with van der Waals surface area (Å²) in [5, 5.41) is 7.60. The Labute approximate surface area is 127 Å². The van der Waals surface area contributed by atoms with Gasteiger partial charge in [-0.15, -0.1) is 12.3 Å². The largest absolute Gasteiger partial charge is 0.451 e. The average Bonchev–Trinajstić information content (AvgIpc) is 3.03. The highest BCUT2D eigenvalue weighted by molar-refractivity contribution is 6.02. The van der Waals surface area contributed by atoms with Crippen molar-refractivity contribution in [2.75, 3.05) is 0 Å². The molecule has 3 aromatic rings. The van der Waals surface area contributed by atoms with Crippen LogP contribution in [0.15, 0.2) is 48.8 Å². The summed E-state index contributed by atoms with van der Waals surface area (Å²) in [5.74, 6) is 2.06. The van der Waals surface area contributed by atoms with Gasteiger partial charge in [0.05, 0.1) is 29.4 Å². The van der Waals surface area contributed by atoms with Crippen molar-refractivity contribution in [3.05, 3.63) is 60.0 Å². The molecule has 0 spiro atoms. The SMILES string of the molecule is C#CC[C@H](OC(=O)c1cccc2cn[nH]c12)c1ccccn1. The van der Waals surface area contributed by atoms with Crippen molar-refractivity contribution in [1.29, 1.82) is 0 Å². The van der Waals surface area contributed by atoms with E-state index in [0.29, 0.717) is 16.8 Å². The molecule has 2 aromatic heterocycles. The Morgan fingerprint density at radius 3 is 3.00 bits per heavy atom. The Morgan fingerprint density at radius 1 is 1.32 bits per heavy atom. The molecule has 108 valence electrons. The molecule has 1 atom stereocenters. The first kappa shape index (κ1) is 13.8. The van der Waals surface area contributed by atoms with Gasteiger partial charge in [-0.3, -0.25) is 10.1 Å². The van der Waals surface area contributed by atoms with E-state index < -0.39 is 12.1 Å². The number of H-pyrrole nitrogens is 1. The Bertz CT molecular complexity index is 834. The number of ether oxygens (including phenoxy) is 1. The van der Waals surface area contributed by atoms with Crippen LogP contribution >= 0.6 is 0 Å². The standard InChI is InChI=1S/C17H13N3O2/c1-2-6-15(14-9-3-4-10-18-14)22-17(21)13-8-5-7-12-11-19-20-16(12)13/h1,3-5,7-11,15H,6H2,(H,19,20)/t15-/m0/s1. The monoisotopic (exact) mass is 291 g/mol. The van der Waals surface area contributed by atoms with Crippen molar-refractivity contribution in [3.63, 3.8) is 0 Å². The lowest BCUT2D eigenvalue weighted by Gasteiger charge is -2.15. The predicted octanol–water partition coefficient (Wildman–Crippen LogP) is 2.88. The van der Waals surface area contributed by atoms with Gasteiger partial charge in [0.1, 0.15) is 0 Å². The lowest BCUT2D eigenvalue weighted by molar-refractivity contribution is 0.0301. The molecule has 0 amide bonds. The molecule has 0 radical (unpaired) electrons. The van der Waals surface area contributed by atoms with Crippen LogP contribution in [0.1, 0.15) is 28.6 Å². The number of nitrogens with one attached hydrogen (secondary N) is 1. The van der Waals surface area contributed by atoms with Crippen LogP contribution in [0.3, 0.4) is 0 Å². The number of aromatic amines is 1. The number of carbonyl (C=O) groups excluding carboxylic acids is 1. The second kappa shape index (κ2) is 6.10. The van der Waals surface area contributed by atoms with Crippen molar-refractivity contribution < 1.29 is 9.53 Å². The maximum atomic E-state index is 12.4. The minimum absolute atomic E-state index is 0.266. The normalized spacial score (nSPS) is 11.8. The smallest absolute Gasteiger partial charge is 0.341 e. The molecule has 1 aromatic carbocycles. The third-order valence-corrected chi connectivity index (χ3v) is 3.27. The van der Waals surface area contributed by atoms with E-state index in [1.165, 1.54) is 0 Å². The number of fused-ring (bicyclic) bond motifs is 1. The number of nitrogens with zero attached hydrogens (tertiary/aromatic N) is 2. The molecule has 5 heteroatoms. The van der Waals surface area contributed by atoms with E-state index in [4.69, 9.17) is 11.2 Å². The van der Waals surface area contributed by atoms with Crippen LogP contribution in [0.5, 0.6) is 0 Å². The van der Waals surface area contributed by atoms with Gasteiger partial charge in [-0.2, -0.15) is 5.10 Å². The summed E-state index contributed by atoms with van der Waals surface area (Å²) < 4.78 is 5.55. The number of rotatable bonds is 4. The molecule has 0 fully saturated rings. The highest BCUT2D eigenvalue weighted by atomic mass is 16.5. The number of hydrogen-bond acceptors (Lipinski definition) is 4. The number of carbonyl (C=O) groups is 1. The molecule has 0 aliphatic rings. The molecule has 0 aliphatic heterocycles. The van der Waals surface area contributed by atoms with Gasteiger partial charge < -0.3 is 4.74 Å². The molecule has 0 saturated heterocycles. The summed E-state index contributed by atoms with van der Waals surface area (Å²) in [6.45, 7) is 0. The number of pyridine rings is 1. The Hall–Kier alpha value is -3.13. The number of para-hydroxylation sites is 1. The van der Waals surface area contributed by atoms with Crippen molar-refractivity contribution in [2.45, 2.75) is 12.5 Å². The van der Waals surface area contributed by atoms with Gasteiger partial charge in [-0.1, -0.05) is 18.2 Å². The highest BCUT2D eigenvalue weighted by Crippen LogP contribution is 2.23. The molecule has 1 N–H and O–H groups in total. The molecule has 0 bridgehead atoms. The van der Waals surface area contributed by atoms with E-state index in [2.05, 4.69) is 21.1 Å². The predicted molar refractivity (Wildman–Crippen MR) is 81.9 cm³/mol. The van der Waals surface area contributed by atoms with Crippen molar-refractivity contribution in [3.8, 4) is 12.3 Å². The summed E-state index contributed by atoms with van der Waals surface area (Å²) in [6, 6.07) is 10.7. The summed E-state index contributed by atoms with van der Waals surface area (Å²) in [7, 11) is 0. The van der Waals surface area contributed by atoms with Crippen molar-refractivity contribution in [1.82, 2.24) is 15.2 Å². The van der Waals surface area contributed by atoms with E-state index in [1.807, 2.05) is 12.1 Å². The first-order valence-electron chi connectivity index (χ1n) is 6.77. The van der Waals surface area contributed by atoms with E-state index >= 15 is 0 Å². The van der Waals surface area contributed by atoms with Gasteiger partial charge in [-0.05, 0) is 18.2 Å². The molecule has 5 nitrogen and oxygen atoms in total. The summed E-state index contributed by atoms with van der Waals surface area (Å²) in [4.78, 5) is 16.7. The maximum absolute atomic E-state index is 12.4. The molecule has 0 saturated carbocycles. The van der Waals surface area contributed by atoms with E-state index in [0.717, 1.165) is 5.39 Å². The van der Waals surface area contributed by atoms with Crippen LogP contribution < -0.4 is 0 Å². The van der Waals surface area contributed by atoms with Gasteiger partial charge in [0.2, 0.25) is 0 Å². The Morgan fingerprint density at radius 2 is 2.23 bits per heavy atom. The molecule has 3 rings (SSSR count). The highest BCUT2D eigenvalue weighted by Gasteiger charge is 2.20. The zero-order valence-electron chi connectivity index (χ0n) is 11.7. The van der Waals surface area contributed by atoms with Crippen LogP contribution in [0.2, 0.25) is 0 Å². The van der Waals surface area contributed by atoms with E-state index in [1.54, 1.807) is 36.7 Å². The fourth-order valence-electron chi connectivity index (χ4n) is 2.21. The number of benzene rings is 1. The van der Waals surface area contributed by atoms with Gasteiger partial charge >= 0.3 is 5.97 Å². The van der Waals surface area contributed by atoms with Gasteiger partial charge in [0, 0.05) is 11.6 Å². The molecule has 2 heterocycles.